The number of hydrogen-bond donors (Lipinski definition) is 1. The normalized spacial score (nSPS) is 11.2. The number of rotatable bonds is 4. The van der Waals surface area contributed by atoms with Crippen LogP contribution in [0.2, 0.25) is 0 Å². The van der Waals surface area contributed by atoms with E-state index in [-0.39, 0.29) is 0 Å². The lowest BCUT2D eigenvalue weighted by Crippen LogP contribution is -1.90. The van der Waals surface area contributed by atoms with Gasteiger partial charge in [-0.15, -0.1) is 0 Å². The topological polar surface area (TPSA) is 59.4 Å². The second kappa shape index (κ2) is 6.02. The fourth-order valence-electron chi connectivity index (χ4n) is 1.87. The van der Waals surface area contributed by atoms with E-state index in [1.54, 1.807) is 26.3 Å². The van der Waals surface area contributed by atoms with Gasteiger partial charge in [0.15, 0.2) is 0 Å². The molecule has 1 aromatic carbocycles. The van der Waals surface area contributed by atoms with Crippen LogP contribution in [-0.2, 0) is 4.79 Å². The molecule has 0 aliphatic heterocycles. The van der Waals surface area contributed by atoms with Crippen LogP contribution in [0.25, 0.3) is 16.7 Å². The molecule has 0 saturated carbocycles. The van der Waals surface area contributed by atoms with Crippen LogP contribution < -0.4 is 4.74 Å². The Bertz CT molecular complexity index is 628. The highest BCUT2D eigenvalue weighted by atomic mass is 16.5. The average Bonchev–Trinajstić information content (AvgIpc) is 2.47. The van der Waals surface area contributed by atoms with Gasteiger partial charge in [0.25, 0.3) is 0 Å². The molecule has 1 aromatic heterocycles. The Labute approximate surface area is 117 Å². The summed E-state index contributed by atoms with van der Waals surface area (Å²) in [6, 6.07) is 11.4. The smallest absolute Gasteiger partial charge is 0.328 e. The van der Waals surface area contributed by atoms with Gasteiger partial charge in [-0.05, 0) is 29.7 Å². The molecule has 102 valence electrons. The Morgan fingerprint density at radius 1 is 1.15 bits per heavy atom. The predicted octanol–water partition coefficient (Wildman–Crippen LogP) is 3.25. The Hall–Kier alpha value is -2.62. The summed E-state index contributed by atoms with van der Waals surface area (Å²) in [5, 5.41) is 8.73. The highest BCUT2D eigenvalue weighted by molar-refractivity contribution is 5.89. The van der Waals surface area contributed by atoms with Crippen molar-refractivity contribution in [3.05, 3.63) is 54.2 Å². The van der Waals surface area contributed by atoms with Crippen molar-refractivity contribution in [2.45, 2.75) is 6.92 Å². The molecule has 0 unspecified atom stereocenters. The van der Waals surface area contributed by atoms with Gasteiger partial charge in [0, 0.05) is 23.9 Å². The highest BCUT2D eigenvalue weighted by Gasteiger charge is 2.02. The second-order valence-electron chi connectivity index (χ2n) is 4.33. The summed E-state index contributed by atoms with van der Waals surface area (Å²) in [6.07, 6.45) is 2.94. The number of methoxy groups -OCH3 is 1. The van der Waals surface area contributed by atoms with Crippen molar-refractivity contribution in [2.24, 2.45) is 0 Å². The maximum atomic E-state index is 10.6. The summed E-state index contributed by atoms with van der Waals surface area (Å²) in [7, 11) is 1.58. The molecule has 20 heavy (non-hydrogen) atoms. The second-order valence-corrected chi connectivity index (χ2v) is 4.33. The molecule has 4 heteroatoms. The first-order valence-electron chi connectivity index (χ1n) is 6.12. The summed E-state index contributed by atoms with van der Waals surface area (Å²) in [5.74, 6) is -0.364. The molecular weight excluding hydrogens is 254 g/mol. The summed E-state index contributed by atoms with van der Waals surface area (Å²) in [5.41, 5.74) is 3.61. The third kappa shape index (κ3) is 3.23. The number of ether oxygens (including phenoxy) is 1. The van der Waals surface area contributed by atoms with Crippen LogP contribution in [0.15, 0.2) is 48.7 Å². The Balaban J connectivity index is 2.25. The maximum absolute atomic E-state index is 10.6. The average molecular weight is 269 g/mol. The van der Waals surface area contributed by atoms with Crippen molar-refractivity contribution in [3.63, 3.8) is 0 Å². The number of carbonyl (C=O) groups is 1. The van der Waals surface area contributed by atoms with Gasteiger partial charge < -0.3 is 9.84 Å². The zero-order valence-corrected chi connectivity index (χ0v) is 11.3. The van der Waals surface area contributed by atoms with E-state index in [2.05, 4.69) is 4.98 Å². The van der Waals surface area contributed by atoms with Gasteiger partial charge in [-0.25, -0.2) is 9.78 Å². The van der Waals surface area contributed by atoms with Gasteiger partial charge >= 0.3 is 5.97 Å². The number of hydrogen-bond acceptors (Lipinski definition) is 3. The number of aromatic nitrogens is 1. The molecule has 0 spiro atoms. The summed E-state index contributed by atoms with van der Waals surface area (Å²) >= 11 is 0. The molecule has 2 aromatic rings. The van der Waals surface area contributed by atoms with Gasteiger partial charge in [0.2, 0.25) is 5.88 Å². The van der Waals surface area contributed by atoms with E-state index in [0.717, 1.165) is 22.3 Å². The first kappa shape index (κ1) is 13.8. The van der Waals surface area contributed by atoms with Gasteiger partial charge in [0.05, 0.1) is 7.11 Å². The minimum atomic E-state index is -0.939. The van der Waals surface area contributed by atoms with Crippen molar-refractivity contribution in [3.8, 4) is 17.0 Å². The summed E-state index contributed by atoms with van der Waals surface area (Å²) in [4.78, 5) is 14.8. The van der Waals surface area contributed by atoms with E-state index < -0.39 is 5.97 Å². The molecule has 0 atom stereocenters. The molecular formula is C16H15NO3. The molecule has 0 fully saturated rings. The Morgan fingerprint density at radius 2 is 1.80 bits per heavy atom. The SMILES string of the molecule is COc1ccc(-c2ccc(/C(C)=C/C(=O)O)cc2)cn1. The van der Waals surface area contributed by atoms with E-state index in [1.807, 2.05) is 30.3 Å². The number of allylic oxidation sites excluding steroid dienone is 1. The van der Waals surface area contributed by atoms with Crippen molar-refractivity contribution in [1.29, 1.82) is 0 Å². The molecule has 0 bridgehead atoms. The molecule has 0 radical (unpaired) electrons. The lowest BCUT2D eigenvalue weighted by molar-refractivity contribution is -0.131. The Morgan fingerprint density at radius 3 is 2.30 bits per heavy atom. The summed E-state index contributed by atoms with van der Waals surface area (Å²) < 4.78 is 5.02. The zero-order valence-electron chi connectivity index (χ0n) is 11.3. The van der Waals surface area contributed by atoms with Gasteiger partial charge in [-0.2, -0.15) is 0 Å². The quantitative estimate of drug-likeness (QED) is 0.865. The van der Waals surface area contributed by atoms with Crippen molar-refractivity contribution in [1.82, 2.24) is 4.98 Å². The molecule has 0 amide bonds. The first-order valence-corrected chi connectivity index (χ1v) is 6.12. The fraction of sp³-hybridized carbons (Fsp3) is 0.125. The predicted molar refractivity (Wildman–Crippen MR) is 77.5 cm³/mol. The van der Waals surface area contributed by atoms with Gasteiger partial charge in [0.1, 0.15) is 0 Å². The van der Waals surface area contributed by atoms with Crippen LogP contribution in [0.3, 0.4) is 0 Å². The maximum Gasteiger partial charge on any atom is 0.328 e. The molecule has 0 aliphatic carbocycles. The minimum Gasteiger partial charge on any atom is -0.481 e. The fourth-order valence-corrected chi connectivity index (χ4v) is 1.87. The Kier molecular flexibility index (Phi) is 4.15. The summed E-state index contributed by atoms with van der Waals surface area (Å²) in [6.45, 7) is 1.78. The molecule has 1 heterocycles. The van der Waals surface area contributed by atoms with Crippen LogP contribution in [0.4, 0.5) is 0 Å². The van der Waals surface area contributed by atoms with E-state index in [9.17, 15) is 4.79 Å². The molecule has 0 aliphatic rings. The van der Waals surface area contributed by atoms with E-state index in [0.29, 0.717) is 5.88 Å². The molecule has 4 nitrogen and oxygen atoms in total. The van der Waals surface area contributed by atoms with E-state index in [4.69, 9.17) is 9.84 Å². The van der Waals surface area contributed by atoms with Crippen LogP contribution in [-0.4, -0.2) is 23.2 Å². The standard InChI is InChI=1S/C16H15NO3/c1-11(9-16(18)19)12-3-5-13(6-4-12)14-7-8-15(20-2)17-10-14/h3-10H,1-2H3,(H,18,19)/b11-9+. The largest absolute Gasteiger partial charge is 0.481 e. The van der Waals surface area contributed by atoms with E-state index in [1.165, 1.54) is 6.08 Å². The monoisotopic (exact) mass is 269 g/mol. The first-order chi connectivity index (χ1) is 9.60. The number of carboxylic acids is 1. The lowest BCUT2D eigenvalue weighted by atomic mass is 10.0. The van der Waals surface area contributed by atoms with Crippen molar-refractivity contribution >= 4 is 11.5 Å². The highest BCUT2D eigenvalue weighted by Crippen LogP contribution is 2.23. The van der Waals surface area contributed by atoms with Crippen LogP contribution >= 0.6 is 0 Å². The van der Waals surface area contributed by atoms with Crippen LogP contribution in [0, 0.1) is 0 Å². The number of nitrogens with zero attached hydrogens (tertiary/aromatic N) is 1. The third-order valence-electron chi connectivity index (χ3n) is 2.96. The number of aliphatic carboxylic acids is 1. The third-order valence-corrected chi connectivity index (χ3v) is 2.96. The van der Waals surface area contributed by atoms with Crippen molar-refractivity contribution < 1.29 is 14.6 Å². The number of pyridine rings is 1. The van der Waals surface area contributed by atoms with E-state index >= 15 is 0 Å². The molecule has 0 saturated heterocycles. The lowest BCUT2D eigenvalue weighted by Gasteiger charge is -2.05. The van der Waals surface area contributed by atoms with Crippen molar-refractivity contribution in [2.75, 3.05) is 7.11 Å². The molecule has 2 rings (SSSR count). The van der Waals surface area contributed by atoms with Gasteiger partial charge in [-0.3, -0.25) is 0 Å². The zero-order chi connectivity index (χ0) is 14.5. The minimum absolute atomic E-state index is 0.575. The van der Waals surface area contributed by atoms with Crippen LogP contribution in [0.1, 0.15) is 12.5 Å². The van der Waals surface area contributed by atoms with Gasteiger partial charge in [-0.1, -0.05) is 24.3 Å². The number of benzene rings is 1. The molecule has 1 N–H and O–H groups in total. The number of carboxylic acid groups (broad SMARTS) is 1. The van der Waals surface area contributed by atoms with Crippen LogP contribution in [0.5, 0.6) is 5.88 Å².